The topological polar surface area (TPSA) is 55.4 Å². The molecular weight excluding hydrogens is 242 g/mol. The van der Waals surface area contributed by atoms with E-state index in [1.807, 2.05) is 18.2 Å². The molecule has 4 heteroatoms. The minimum absolute atomic E-state index is 0.119. The Balaban J connectivity index is 2.48. The van der Waals surface area contributed by atoms with Crippen LogP contribution >= 0.6 is 0 Å². The highest BCUT2D eigenvalue weighted by molar-refractivity contribution is 5.81. The first-order valence-corrected chi connectivity index (χ1v) is 6.46. The van der Waals surface area contributed by atoms with E-state index in [-0.39, 0.29) is 24.7 Å². The van der Waals surface area contributed by atoms with Crippen LogP contribution in [0, 0.1) is 0 Å². The quantitative estimate of drug-likeness (QED) is 0.802. The van der Waals surface area contributed by atoms with Crippen LogP contribution in [0.3, 0.4) is 0 Å². The molecular formula is C15H21NO3. The maximum atomic E-state index is 11.6. The molecule has 4 nitrogen and oxygen atoms in total. The average molecular weight is 263 g/mol. The van der Waals surface area contributed by atoms with Gasteiger partial charge in [-0.2, -0.15) is 0 Å². The van der Waals surface area contributed by atoms with E-state index in [2.05, 4.69) is 30.0 Å². The maximum absolute atomic E-state index is 11.6. The maximum Gasteiger partial charge on any atom is 0.306 e. The molecule has 0 bridgehead atoms. The van der Waals surface area contributed by atoms with Gasteiger partial charge in [-0.15, -0.1) is 0 Å². The first-order chi connectivity index (χ1) is 9.04. The lowest BCUT2D eigenvalue weighted by Gasteiger charge is -2.13. The lowest BCUT2D eigenvalue weighted by atomic mass is 9.97. The molecule has 0 unspecified atom stereocenters. The van der Waals surface area contributed by atoms with E-state index in [1.54, 1.807) is 0 Å². The third-order valence-electron chi connectivity index (χ3n) is 2.94. The molecule has 0 heterocycles. The molecule has 1 aromatic rings. The second-order valence-corrected chi connectivity index (χ2v) is 4.71. The summed E-state index contributed by atoms with van der Waals surface area (Å²) < 4.78 is 4.50. The Morgan fingerprint density at radius 3 is 2.53 bits per heavy atom. The third-order valence-corrected chi connectivity index (χ3v) is 2.94. The zero-order chi connectivity index (χ0) is 14.3. The summed E-state index contributed by atoms with van der Waals surface area (Å²) in [5.41, 5.74) is 2.35. The molecule has 0 aliphatic carbocycles. The standard InChI is InChI=1S/C15H21NO3/c1-11(2)13-7-5-4-6-12(13)10-16-14(17)8-9-15(18)19-3/h4-7,11H,8-10H2,1-3H3,(H,16,17). The number of esters is 1. The van der Waals surface area contributed by atoms with E-state index in [0.29, 0.717) is 12.5 Å². The number of amides is 1. The second-order valence-electron chi connectivity index (χ2n) is 4.71. The normalized spacial score (nSPS) is 10.3. The van der Waals surface area contributed by atoms with E-state index in [1.165, 1.54) is 12.7 Å². The van der Waals surface area contributed by atoms with Gasteiger partial charge in [0.05, 0.1) is 13.5 Å². The highest BCUT2D eigenvalue weighted by atomic mass is 16.5. The fourth-order valence-electron chi connectivity index (χ4n) is 1.86. The molecule has 0 saturated heterocycles. The predicted octanol–water partition coefficient (Wildman–Crippen LogP) is 2.38. The molecule has 1 amide bonds. The van der Waals surface area contributed by atoms with Gasteiger partial charge in [-0.3, -0.25) is 9.59 Å². The number of rotatable bonds is 6. The summed E-state index contributed by atoms with van der Waals surface area (Å²) in [6.45, 7) is 4.74. The molecule has 104 valence electrons. The van der Waals surface area contributed by atoms with Crippen molar-refractivity contribution in [2.45, 2.75) is 39.2 Å². The fraction of sp³-hybridized carbons (Fsp3) is 0.467. The average Bonchev–Trinajstić information content (AvgIpc) is 2.42. The van der Waals surface area contributed by atoms with Gasteiger partial charge in [0.1, 0.15) is 0 Å². The van der Waals surface area contributed by atoms with E-state index in [9.17, 15) is 9.59 Å². The number of benzene rings is 1. The summed E-state index contributed by atoms with van der Waals surface area (Å²) in [6, 6.07) is 8.04. The smallest absolute Gasteiger partial charge is 0.306 e. The van der Waals surface area contributed by atoms with Gasteiger partial charge >= 0.3 is 5.97 Å². The molecule has 1 rings (SSSR count). The van der Waals surface area contributed by atoms with Crippen LogP contribution < -0.4 is 5.32 Å². The van der Waals surface area contributed by atoms with Gasteiger partial charge in [0.15, 0.2) is 0 Å². The van der Waals surface area contributed by atoms with Gasteiger partial charge in [0.2, 0.25) is 5.91 Å². The van der Waals surface area contributed by atoms with Gasteiger partial charge in [0.25, 0.3) is 0 Å². The van der Waals surface area contributed by atoms with Crippen molar-refractivity contribution >= 4 is 11.9 Å². The van der Waals surface area contributed by atoms with E-state index in [0.717, 1.165) is 5.56 Å². The Hall–Kier alpha value is -1.84. The number of nitrogens with one attached hydrogen (secondary N) is 1. The largest absolute Gasteiger partial charge is 0.469 e. The SMILES string of the molecule is COC(=O)CCC(=O)NCc1ccccc1C(C)C. The molecule has 0 saturated carbocycles. The van der Waals surface area contributed by atoms with Crippen LogP contribution in [0.1, 0.15) is 43.7 Å². The van der Waals surface area contributed by atoms with Crippen molar-refractivity contribution in [1.29, 1.82) is 0 Å². The molecule has 0 aliphatic rings. The van der Waals surface area contributed by atoms with Crippen molar-refractivity contribution in [1.82, 2.24) is 5.32 Å². The monoisotopic (exact) mass is 263 g/mol. The molecule has 0 aromatic heterocycles. The Bertz CT molecular complexity index is 441. The van der Waals surface area contributed by atoms with Crippen molar-refractivity contribution in [3.05, 3.63) is 35.4 Å². The van der Waals surface area contributed by atoms with Crippen LogP contribution in [0.4, 0.5) is 0 Å². The van der Waals surface area contributed by atoms with Crippen LogP contribution in [-0.4, -0.2) is 19.0 Å². The number of ether oxygens (including phenoxy) is 1. The van der Waals surface area contributed by atoms with Crippen LogP contribution in [-0.2, 0) is 20.9 Å². The van der Waals surface area contributed by atoms with E-state index < -0.39 is 0 Å². The Labute approximate surface area is 114 Å². The van der Waals surface area contributed by atoms with Crippen molar-refractivity contribution in [2.24, 2.45) is 0 Å². The molecule has 0 fully saturated rings. The predicted molar refractivity (Wildman–Crippen MR) is 73.6 cm³/mol. The highest BCUT2D eigenvalue weighted by Crippen LogP contribution is 2.18. The molecule has 1 aromatic carbocycles. The Morgan fingerprint density at radius 2 is 1.89 bits per heavy atom. The van der Waals surface area contributed by atoms with Crippen molar-refractivity contribution in [3.63, 3.8) is 0 Å². The summed E-state index contributed by atoms with van der Waals surface area (Å²) in [6.07, 6.45) is 0.282. The first-order valence-electron chi connectivity index (χ1n) is 6.46. The minimum Gasteiger partial charge on any atom is -0.469 e. The summed E-state index contributed by atoms with van der Waals surface area (Å²) in [7, 11) is 1.32. The van der Waals surface area contributed by atoms with Gasteiger partial charge < -0.3 is 10.1 Å². The van der Waals surface area contributed by atoms with E-state index in [4.69, 9.17) is 0 Å². The molecule has 0 radical (unpaired) electrons. The number of methoxy groups -OCH3 is 1. The van der Waals surface area contributed by atoms with Crippen LogP contribution in [0.5, 0.6) is 0 Å². The van der Waals surface area contributed by atoms with Crippen LogP contribution in [0.15, 0.2) is 24.3 Å². The molecule has 0 atom stereocenters. The summed E-state index contributed by atoms with van der Waals surface area (Å²) in [5, 5.41) is 2.83. The summed E-state index contributed by atoms with van der Waals surface area (Å²) in [5.74, 6) is -0.0788. The van der Waals surface area contributed by atoms with Crippen LogP contribution in [0.25, 0.3) is 0 Å². The minimum atomic E-state index is -0.363. The van der Waals surface area contributed by atoms with Crippen molar-refractivity contribution in [3.8, 4) is 0 Å². The summed E-state index contributed by atoms with van der Waals surface area (Å²) in [4.78, 5) is 22.5. The van der Waals surface area contributed by atoms with Gasteiger partial charge in [-0.1, -0.05) is 38.1 Å². The fourth-order valence-corrected chi connectivity index (χ4v) is 1.86. The van der Waals surface area contributed by atoms with Crippen molar-refractivity contribution < 1.29 is 14.3 Å². The van der Waals surface area contributed by atoms with E-state index >= 15 is 0 Å². The molecule has 0 spiro atoms. The highest BCUT2D eigenvalue weighted by Gasteiger charge is 2.09. The molecule has 19 heavy (non-hydrogen) atoms. The van der Waals surface area contributed by atoms with Crippen molar-refractivity contribution in [2.75, 3.05) is 7.11 Å². The number of carbonyl (C=O) groups excluding carboxylic acids is 2. The van der Waals surface area contributed by atoms with Gasteiger partial charge in [-0.25, -0.2) is 0 Å². The number of hydrogen-bond acceptors (Lipinski definition) is 3. The zero-order valence-electron chi connectivity index (χ0n) is 11.7. The van der Waals surface area contributed by atoms with Gasteiger partial charge in [-0.05, 0) is 17.0 Å². The lowest BCUT2D eigenvalue weighted by Crippen LogP contribution is -2.24. The Morgan fingerprint density at radius 1 is 1.21 bits per heavy atom. The lowest BCUT2D eigenvalue weighted by molar-refractivity contribution is -0.142. The Kier molecular flexibility index (Phi) is 6.06. The van der Waals surface area contributed by atoms with Crippen LogP contribution in [0.2, 0.25) is 0 Å². The second kappa shape index (κ2) is 7.56. The first kappa shape index (κ1) is 15.2. The summed E-state index contributed by atoms with van der Waals surface area (Å²) >= 11 is 0. The number of carbonyl (C=O) groups is 2. The molecule has 0 aliphatic heterocycles. The van der Waals surface area contributed by atoms with Gasteiger partial charge in [0, 0.05) is 13.0 Å². The third kappa shape index (κ3) is 5.12. The molecule has 1 N–H and O–H groups in total. The number of hydrogen-bond donors (Lipinski definition) is 1. The zero-order valence-corrected chi connectivity index (χ0v) is 11.7.